The van der Waals surface area contributed by atoms with Gasteiger partial charge in [-0.15, -0.1) is 0 Å². The highest BCUT2D eigenvalue weighted by molar-refractivity contribution is 5.40. The van der Waals surface area contributed by atoms with Crippen LogP contribution in [0.3, 0.4) is 0 Å². The number of hydrogen-bond acceptors (Lipinski definition) is 2. The van der Waals surface area contributed by atoms with Crippen molar-refractivity contribution in [3.05, 3.63) is 29.3 Å². The summed E-state index contributed by atoms with van der Waals surface area (Å²) in [6.45, 7) is 10.6. The van der Waals surface area contributed by atoms with Crippen molar-refractivity contribution in [3.8, 4) is 5.75 Å². The highest BCUT2D eigenvalue weighted by Crippen LogP contribution is 2.27. The van der Waals surface area contributed by atoms with E-state index >= 15 is 0 Å². The lowest BCUT2D eigenvalue weighted by molar-refractivity contribution is 0.240. The van der Waals surface area contributed by atoms with E-state index in [2.05, 4.69) is 51.2 Å². The maximum absolute atomic E-state index is 6.06. The van der Waals surface area contributed by atoms with Crippen molar-refractivity contribution < 1.29 is 4.74 Å². The number of rotatable bonds is 6. The second-order valence-corrected chi connectivity index (χ2v) is 6.88. The van der Waals surface area contributed by atoms with Crippen LogP contribution in [-0.4, -0.2) is 12.6 Å². The second-order valence-electron chi connectivity index (χ2n) is 6.88. The minimum atomic E-state index is 0.328. The molecule has 1 fully saturated rings. The first-order valence-electron chi connectivity index (χ1n) is 7.40. The van der Waals surface area contributed by atoms with Crippen LogP contribution in [-0.2, 0) is 6.54 Å². The van der Waals surface area contributed by atoms with Crippen LogP contribution in [0.25, 0.3) is 0 Å². The molecule has 1 aromatic carbocycles. The van der Waals surface area contributed by atoms with Gasteiger partial charge >= 0.3 is 0 Å². The van der Waals surface area contributed by atoms with Crippen LogP contribution in [0.4, 0.5) is 0 Å². The van der Waals surface area contributed by atoms with E-state index < -0.39 is 0 Å². The second kappa shape index (κ2) is 5.96. The normalized spacial score (nSPS) is 15.6. The molecule has 0 aliphatic heterocycles. The SMILES string of the molecule is Cc1cccc(CNC2CC2)c1OCCC(C)(C)C. The first kappa shape index (κ1) is 14.4. The van der Waals surface area contributed by atoms with Gasteiger partial charge in [0.25, 0.3) is 0 Å². The molecule has 2 rings (SSSR count). The molecule has 0 spiro atoms. The number of para-hydroxylation sites is 1. The van der Waals surface area contributed by atoms with Gasteiger partial charge in [-0.25, -0.2) is 0 Å². The Kier molecular flexibility index (Phi) is 4.51. The average molecular weight is 261 g/mol. The fourth-order valence-electron chi connectivity index (χ4n) is 2.06. The van der Waals surface area contributed by atoms with Crippen LogP contribution < -0.4 is 10.1 Å². The molecular formula is C17H27NO. The van der Waals surface area contributed by atoms with E-state index in [1.807, 2.05) is 0 Å². The lowest BCUT2D eigenvalue weighted by Gasteiger charge is -2.20. The maximum atomic E-state index is 6.06. The van der Waals surface area contributed by atoms with Crippen molar-refractivity contribution in [2.75, 3.05) is 6.61 Å². The summed E-state index contributed by atoms with van der Waals surface area (Å²) >= 11 is 0. The Labute approximate surface area is 117 Å². The molecule has 0 aromatic heterocycles. The molecule has 2 nitrogen and oxygen atoms in total. The van der Waals surface area contributed by atoms with Gasteiger partial charge in [-0.2, -0.15) is 0 Å². The molecule has 0 atom stereocenters. The van der Waals surface area contributed by atoms with Gasteiger partial charge in [0.15, 0.2) is 0 Å². The number of aryl methyl sites for hydroxylation is 1. The summed E-state index contributed by atoms with van der Waals surface area (Å²) < 4.78 is 6.06. The zero-order valence-corrected chi connectivity index (χ0v) is 12.8. The molecule has 19 heavy (non-hydrogen) atoms. The monoisotopic (exact) mass is 261 g/mol. The molecule has 1 aromatic rings. The van der Waals surface area contributed by atoms with Gasteiger partial charge in [-0.1, -0.05) is 39.0 Å². The minimum absolute atomic E-state index is 0.328. The van der Waals surface area contributed by atoms with Gasteiger partial charge in [-0.3, -0.25) is 0 Å². The summed E-state index contributed by atoms with van der Waals surface area (Å²) in [6.07, 6.45) is 3.73. The highest BCUT2D eigenvalue weighted by Gasteiger charge is 2.21. The molecule has 0 saturated heterocycles. The Balaban J connectivity index is 1.95. The lowest BCUT2D eigenvalue weighted by Crippen LogP contribution is -2.17. The van der Waals surface area contributed by atoms with Crippen LogP contribution in [0, 0.1) is 12.3 Å². The van der Waals surface area contributed by atoms with Gasteiger partial charge in [0.1, 0.15) is 5.75 Å². The van der Waals surface area contributed by atoms with Crippen molar-refractivity contribution in [1.29, 1.82) is 0 Å². The average Bonchev–Trinajstić information content (AvgIpc) is 3.11. The van der Waals surface area contributed by atoms with Crippen molar-refractivity contribution in [1.82, 2.24) is 5.32 Å². The fourth-order valence-corrected chi connectivity index (χ4v) is 2.06. The third-order valence-electron chi connectivity index (χ3n) is 3.55. The van der Waals surface area contributed by atoms with Crippen LogP contribution in [0.1, 0.15) is 51.2 Å². The Morgan fingerprint density at radius 2 is 2.00 bits per heavy atom. The van der Waals surface area contributed by atoms with E-state index in [1.54, 1.807) is 0 Å². The summed E-state index contributed by atoms with van der Waals surface area (Å²) in [6, 6.07) is 7.17. The largest absolute Gasteiger partial charge is 0.493 e. The summed E-state index contributed by atoms with van der Waals surface area (Å²) in [5.74, 6) is 1.08. The van der Waals surface area contributed by atoms with Crippen LogP contribution in [0.15, 0.2) is 18.2 Å². The zero-order chi connectivity index (χ0) is 13.9. The third kappa shape index (κ3) is 4.87. The van der Waals surface area contributed by atoms with Crippen LogP contribution >= 0.6 is 0 Å². The Bertz CT molecular complexity index is 416. The van der Waals surface area contributed by atoms with E-state index in [0.29, 0.717) is 5.41 Å². The summed E-state index contributed by atoms with van der Waals surface area (Å²) in [5.41, 5.74) is 2.86. The Hall–Kier alpha value is -1.02. The molecule has 1 aliphatic carbocycles. The number of nitrogens with one attached hydrogen (secondary N) is 1. The van der Waals surface area contributed by atoms with Gasteiger partial charge < -0.3 is 10.1 Å². The van der Waals surface area contributed by atoms with E-state index in [1.165, 1.54) is 24.0 Å². The van der Waals surface area contributed by atoms with Crippen LogP contribution in [0.2, 0.25) is 0 Å². The summed E-state index contributed by atoms with van der Waals surface area (Å²) in [4.78, 5) is 0. The lowest BCUT2D eigenvalue weighted by atomic mass is 9.93. The van der Waals surface area contributed by atoms with Crippen molar-refractivity contribution in [2.45, 2.75) is 59.5 Å². The molecule has 1 N–H and O–H groups in total. The maximum Gasteiger partial charge on any atom is 0.126 e. The van der Waals surface area contributed by atoms with Crippen molar-refractivity contribution in [3.63, 3.8) is 0 Å². The summed E-state index contributed by atoms with van der Waals surface area (Å²) in [5, 5.41) is 3.57. The van der Waals surface area contributed by atoms with Gasteiger partial charge in [0.05, 0.1) is 6.61 Å². The quantitative estimate of drug-likeness (QED) is 0.833. The molecule has 0 radical (unpaired) electrons. The topological polar surface area (TPSA) is 21.3 Å². The number of ether oxygens (including phenoxy) is 1. The molecule has 0 bridgehead atoms. The Morgan fingerprint density at radius 1 is 1.26 bits per heavy atom. The van der Waals surface area contributed by atoms with Gasteiger partial charge in [-0.05, 0) is 37.2 Å². The molecule has 0 heterocycles. The fraction of sp³-hybridized carbons (Fsp3) is 0.647. The van der Waals surface area contributed by atoms with Gasteiger partial charge in [0, 0.05) is 18.2 Å². The molecule has 0 amide bonds. The first-order chi connectivity index (χ1) is 8.96. The molecule has 0 unspecified atom stereocenters. The number of hydrogen-bond donors (Lipinski definition) is 1. The minimum Gasteiger partial charge on any atom is -0.493 e. The van der Waals surface area contributed by atoms with E-state index in [0.717, 1.165) is 31.4 Å². The van der Waals surface area contributed by atoms with E-state index in [9.17, 15) is 0 Å². The highest BCUT2D eigenvalue weighted by atomic mass is 16.5. The van der Waals surface area contributed by atoms with Crippen LogP contribution in [0.5, 0.6) is 5.75 Å². The molecule has 1 aliphatic rings. The molecule has 1 saturated carbocycles. The number of benzene rings is 1. The van der Waals surface area contributed by atoms with Crippen molar-refractivity contribution in [2.24, 2.45) is 5.41 Å². The third-order valence-corrected chi connectivity index (χ3v) is 3.55. The van der Waals surface area contributed by atoms with E-state index in [4.69, 9.17) is 4.74 Å². The predicted molar refractivity (Wildman–Crippen MR) is 80.6 cm³/mol. The summed E-state index contributed by atoms with van der Waals surface area (Å²) in [7, 11) is 0. The zero-order valence-electron chi connectivity index (χ0n) is 12.8. The smallest absolute Gasteiger partial charge is 0.126 e. The molecular weight excluding hydrogens is 234 g/mol. The Morgan fingerprint density at radius 3 is 2.63 bits per heavy atom. The first-order valence-corrected chi connectivity index (χ1v) is 7.40. The predicted octanol–water partition coefficient (Wildman–Crippen LogP) is 4.06. The van der Waals surface area contributed by atoms with Gasteiger partial charge in [0.2, 0.25) is 0 Å². The molecule has 106 valence electrons. The standard InChI is InChI=1S/C17H27NO/c1-13-6-5-7-14(12-18-15-8-9-15)16(13)19-11-10-17(2,3)4/h5-7,15,18H,8-12H2,1-4H3. The van der Waals surface area contributed by atoms with E-state index in [-0.39, 0.29) is 0 Å². The van der Waals surface area contributed by atoms with Crippen molar-refractivity contribution >= 4 is 0 Å². The molecule has 2 heteroatoms.